The molecule has 0 fully saturated rings. The molecule has 0 amide bonds. The van der Waals surface area contributed by atoms with Crippen LogP contribution in [0.4, 0.5) is 0 Å². The highest BCUT2D eigenvalue weighted by molar-refractivity contribution is 8.02. The van der Waals surface area contributed by atoms with Crippen LogP contribution in [0.25, 0.3) is 0 Å². The highest BCUT2D eigenvalue weighted by Gasteiger charge is 2.21. The van der Waals surface area contributed by atoms with E-state index in [0.29, 0.717) is 11.5 Å². The van der Waals surface area contributed by atoms with E-state index in [1.54, 1.807) is 35.3 Å². The third-order valence-electron chi connectivity index (χ3n) is 2.58. The zero-order valence-corrected chi connectivity index (χ0v) is 14.4. The lowest BCUT2D eigenvalue weighted by Crippen LogP contribution is -1.92. The molecule has 0 bridgehead atoms. The van der Waals surface area contributed by atoms with Gasteiger partial charge in [0.05, 0.1) is 14.7 Å². The molecule has 0 atom stereocenters. The Balaban J connectivity index is 3.35. The zero-order valence-electron chi connectivity index (χ0n) is 11.9. The molecule has 5 heteroatoms. The summed E-state index contributed by atoms with van der Waals surface area (Å²) in [5, 5.41) is 20.9. The number of rotatable bonds is 7. The third kappa shape index (κ3) is 3.92. The van der Waals surface area contributed by atoms with Gasteiger partial charge in [-0.1, -0.05) is 20.8 Å². The molecule has 0 aliphatic carbocycles. The number of thioether (sulfide) groups is 3. The third-order valence-corrected chi connectivity index (χ3v) is 6.05. The maximum Gasteiger partial charge on any atom is 0.144 e. The standard InChI is InChI=1S/C14H22O2S3/c1-5-8-19-12-9(4)10(15)13(17-6-2)14(11(12)16)18-7-3/h15-16H,5-8H2,1-4H3. The zero-order chi connectivity index (χ0) is 14.4. The molecule has 1 aromatic rings. The number of hydrogen-bond acceptors (Lipinski definition) is 5. The Morgan fingerprint density at radius 2 is 1.32 bits per heavy atom. The molecular formula is C14H22O2S3. The van der Waals surface area contributed by atoms with E-state index in [4.69, 9.17) is 0 Å². The van der Waals surface area contributed by atoms with Crippen LogP contribution in [0.2, 0.25) is 0 Å². The molecular weight excluding hydrogens is 296 g/mol. The van der Waals surface area contributed by atoms with E-state index in [2.05, 4.69) is 20.8 Å². The van der Waals surface area contributed by atoms with Crippen LogP contribution in [0, 0.1) is 6.92 Å². The first-order valence-electron chi connectivity index (χ1n) is 6.55. The molecule has 0 aliphatic rings. The van der Waals surface area contributed by atoms with Crippen molar-refractivity contribution in [1.29, 1.82) is 0 Å². The Hall–Kier alpha value is -0.130. The van der Waals surface area contributed by atoms with Crippen molar-refractivity contribution in [3.63, 3.8) is 0 Å². The summed E-state index contributed by atoms with van der Waals surface area (Å²) >= 11 is 4.81. The summed E-state index contributed by atoms with van der Waals surface area (Å²) in [6.45, 7) is 8.10. The number of phenolic OH excluding ortho intramolecular Hbond substituents is 2. The summed E-state index contributed by atoms with van der Waals surface area (Å²) in [5.41, 5.74) is 0.798. The fourth-order valence-electron chi connectivity index (χ4n) is 1.71. The minimum atomic E-state index is 0.333. The average Bonchev–Trinajstić information content (AvgIpc) is 2.40. The molecule has 0 radical (unpaired) electrons. The lowest BCUT2D eigenvalue weighted by atomic mass is 10.2. The summed E-state index contributed by atoms with van der Waals surface area (Å²) in [4.78, 5) is 2.48. The van der Waals surface area contributed by atoms with Crippen molar-refractivity contribution in [2.24, 2.45) is 0 Å². The highest BCUT2D eigenvalue weighted by atomic mass is 32.2. The van der Waals surface area contributed by atoms with Crippen LogP contribution in [0.1, 0.15) is 32.8 Å². The second-order valence-electron chi connectivity index (χ2n) is 4.02. The number of hydrogen-bond donors (Lipinski definition) is 2. The molecule has 1 aromatic carbocycles. The van der Waals surface area contributed by atoms with Gasteiger partial charge in [-0.15, -0.1) is 35.3 Å². The van der Waals surface area contributed by atoms with E-state index in [9.17, 15) is 10.2 Å². The number of benzene rings is 1. The van der Waals surface area contributed by atoms with Crippen molar-refractivity contribution in [1.82, 2.24) is 0 Å². The van der Waals surface area contributed by atoms with Gasteiger partial charge in [-0.2, -0.15) is 0 Å². The largest absolute Gasteiger partial charge is 0.506 e. The van der Waals surface area contributed by atoms with Crippen LogP contribution in [0.3, 0.4) is 0 Å². The molecule has 19 heavy (non-hydrogen) atoms. The predicted molar refractivity (Wildman–Crippen MR) is 88.3 cm³/mol. The van der Waals surface area contributed by atoms with Gasteiger partial charge in [0, 0.05) is 5.56 Å². The lowest BCUT2D eigenvalue weighted by Gasteiger charge is -2.18. The van der Waals surface area contributed by atoms with Crippen LogP contribution in [0.15, 0.2) is 14.7 Å². The Morgan fingerprint density at radius 3 is 1.79 bits per heavy atom. The average molecular weight is 319 g/mol. The van der Waals surface area contributed by atoms with Crippen LogP contribution in [-0.4, -0.2) is 27.5 Å². The van der Waals surface area contributed by atoms with Crippen molar-refractivity contribution in [3.8, 4) is 11.5 Å². The number of phenols is 2. The summed E-state index contributed by atoms with van der Waals surface area (Å²) in [7, 11) is 0. The predicted octanol–water partition coefficient (Wildman–Crippen LogP) is 5.13. The Kier molecular flexibility index (Phi) is 7.32. The van der Waals surface area contributed by atoms with Crippen molar-refractivity contribution in [3.05, 3.63) is 5.56 Å². The second-order valence-corrected chi connectivity index (χ2v) is 7.68. The van der Waals surface area contributed by atoms with E-state index >= 15 is 0 Å². The molecule has 108 valence electrons. The maximum atomic E-state index is 10.5. The van der Waals surface area contributed by atoms with Gasteiger partial charge in [-0.25, -0.2) is 0 Å². The normalized spacial score (nSPS) is 10.9. The van der Waals surface area contributed by atoms with Gasteiger partial charge in [0.25, 0.3) is 0 Å². The molecule has 2 N–H and O–H groups in total. The first kappa shape index (κ1) is 16.9. The van der Waals surface area contributed by atoms with E-state index in [1.165, 1.54) is 0 Å². The van der Waals surface area contributed by atoms with Gasteiger partial charge in [0.1, 0.15) is 11.5 Å². The topological polar surface area (TPSA) is 40.5 Å². The van der Waals surface area contributed by atoms with E-state index in [-0.39, 0.29) is 0 Å². The van der Waals surface area contributed by atoms with Crippen molar-refractivity contribution in [2.45, 2.75) is 48.8 Å². The molecule has 0 unspecified atom stereocenters. The quantitative estimate of drug-likeness (QED) is 0.538. The Bertz CT molecular complexity index is 433. The lowest BCUT2D eigenvalue weighted by molar-refractivity contribution is 0.419. The summed E-state index contributed by atoms with van der Waals surface area (Å²) < 4.78 is 0. The molecule has 0 saturated heterocycles. The second kappa shape index (κ2) is 8.22. The Labute approximate surface area is 128 Å². The molecule has 0 aliphatic heterocycles. The van der Waals surface area contributed by atoms with Crippen LogP contribution < -0.4 is 0 Å². The fraction of sp³-hybridized carbons (Fsp3) is 0.571. The van der Waals surface area contributed by atoms with Gasteiger partial charge in [0.15, 0.2) is 0 Å². The molecule has 0 spiro atoms. The monoisotopic (exact) mass is 318 g/mol. The van der Waals surface area contributed by atoms with E-state index in [0.717, 1.165) is 43.9 Å². The van der Waals surface area contributed by atoms with Gasteiger partial charge in [-0.05, 0) is 30.6 Å². The SMILES string of the molecule is CCCSc1c(C)c(O)c(SCC)c(SCC)c1O. The maximum absolute atomic E-state index is 10.5. The van der Waals surface area contributed by atoms with Crippen molar-refractivity contribution in [2.75, 3.05) is 17.3 Å². The minimum absolute atomic E-state index is 0.333. The van der Waals surface area contributed by atoms with Crippen molar-refractivity contribution >= 4 is 35.3 Å². The fourth-order valence-corrected chi connectivity index (χ4v) is 4.65. The summed E-state index contributed by atoms with van der Waals surface area (Å²) in [6.07, 6.45) is 1.05. The van der Waals surface area contributed by atoms with Crippen LogP contribution in [-0.2, 0) is 0 Å². The van der Waals surface area contributed by atoms with Gasteiger partial charge in [0.2, 0.25) is 0 Å². The van der Waals surface area contributed by atoms with Gasteiger partial charge >= 0.3 is 0 Å². The summed E-state index contributed by atoms with van der Waals surface area (Å²) in [5.74, 6) is 3.39. The smallest absolute Gasteiger partial charge is 0.144 e. The first-order chi connectivity index (χ1) is 9.08. The summed E-state index contributed by atoms with van der Waals surface area (Å²) in [6, 6.07) is 0. The first-order valence-corrected chi connectivity index (χ1v) is 9.50. The molecule has 0 aromatic heterocycles. The van der Waals surface area contributed by atoms with E-state index in [1.807, 2.05) is 6.92 Å². The number of aromatic hydroxyl groups is 2. The van der Waals surface area contributed by atoms with E-state index < -0.39 is 0 Å². The Morgan fingerprint density at radius 1 is 0.789 bits per heavy atom. The molecule has 0 heterocycles. The highest BCUT2D eigenvalue weighted by Crippen LogP contribution is 2.50. The molecule has 0 saturated carbocycles. The molecule has 2 nitrogen and oxygen atoms in total. The van der Waals surface area contributed by atoms with Crippen LogP contribution >= 0.6 is 35.3 Å². The minimum Gasteiger partial charge on any atom is -0.506 e. The van der Waals surface area contributed by atoms with Gasteiger partial charge in [-0.3, -0.25) is 0 Å². The van der Waals surface area contributed by atoms with Crippen molar-refractivity contribution < 1.29 is 10.2 Å². The van der Waals surface area contributed by atoms with Crippen LogP contribution in [0.5, 0.6) is 11.5 Å². The van der Waals surface area contributed by atoms with Gasteiger partial charge < -0.3 is 10.2 Å². The molecule has 1 rings (SSSR count).